The molecule has 7 nitrogen and oxygen atoms in total. The Bertz CT molecular complexity index is 1520. The van der Waals surface area contributed by atoms with E-state index in [0.29, 0.717) is 28.4 Å². The second-order valence-electron chi connectivity index (χ2n) is 8.83. The molecule has 5 heterocycles. The number of fused-ring (bicyclic) bond motifs is 1. The molecule has 1 aliphatic rings. The molecule has 1 aliphatic heterocycles. The van der Waals surface area contributed by atoms with Gasteiger partial charge in [0.15, 0.2) is 0 Å². The van der Waals surface area contributed by atoms with E-state index in [4.69, 9.17) is 5.73 Å². The zero-order chi connectivity index (χ0) is 23.8. The van der Waals surface area contributed by atoms with Gasteiger partial charge in [0.05, 0.1) is 11.9 Å². The summed E-state index contributed by atoms with van der Waals surface area (Å²) >= 11 is 0. The van der Waals surface area contributed by atoms with Crippen molar-refractivity contribution >= 4 is 53.8 Å². The summed E-state index contributed by atoms with van der Waals surface area (Å²) in [6, 6.07) is 10.9. The lowest BCUT2D eigenvalue weighted by molar-refractivity contribution is 0.453. The maximum Gasteiger partial charge on any atom is 0.132 e. The van der Waals surface area contributed by atoms with Crippen molar-refractivity contribution in [3.8, 4) is 33.5 Å². The Morgan fingerprint density at radius 3 is 2.39 bits per heavy atom. The fourth-order valence-electron chi connectivity index (χ4n) is 4.90. The standard InChI is InChI=1S/C27H24FN7.3ClH/c28-24-4-3-19(17-2-1-7-31-12-17)20-11-25(32-14-23(20)24)21-10-18(13-33-27(21)29)22-15-34-35-26(22)16-5-8-30-9-6-16;;;/h1-4,7,10-16,30H,5-6,8-9H2,(H2,29,33)(H,34,35);3*1H. The normalized spacial score (nSPS) is 13.3. The number of nitrogens with one attached hydrogen (secondary N) is 2. The van der Waals surface area contributed by atoms with E-state index in [0.717, 1.165) is 59.3 Å². The van der Waals surface area contributed by atoms with Gasteiger partial charge in [-0.25, -0.2) is 9.37 Å². The number of rotatable bonds is 4. The molecule has 0 atom stereocenters. The average molecular weight is 575 g/mol. The quantitative estimate of drug-likeness (QED) is 0.236. The minimum Gasteiger partial charge on any atom is -0.383 e. The number of hydrogen-bond acceptors (Lipinski definition) is 6. The number of pyridine rings is 3. The Morgan fingerprint density at radius 2 is 1.63 bits per heavy atom. The predicted octanol–water partition coefficient (Wildman–Crippen LogP) is 6.20. The van der Waals surface area contributed by atoms with Crippen molar-refractivity contribution < 1.29 is 4.39 Å². The monoisotopic (exact) mass is 573 g/mol. The highest BCUT2D eigenvalue weighted by Gasteiger charge is 2.22. The Kier molecular flexibility index (Phi) is 9.62. The van der Waals surface area contributed by atoms with Crippen LogP contribution in [-0.4, -0.2) is 38.2 Å². The van der Waals surface area contributed by atoms with E-state index in [9.17, 15) is 4.39 Å². The average Bonchev–Trinajstić information content (AvgIpc) is 3.40. The molecule has 1 saturated heterocycles. The van der Waals surface area contributed by atoms with Gasteiger partial charge < -0.3 is 11.1 Å². The van der Waals surface area contributed by atoms with Crippen LogP contribution in [0, 0.1) is 5.82 Å². The number of halogens is 4. The number of anilines is 1. The smallest absolute Gasteiger partial charge is 0.132 e. The van der Waals surface area contributed by atoms with E-state index in [1.165, 1.54) is 6.07 Å². The van der Waals surface area contributed by atoms with Gasteiger partial charge in [-0.3, -0.25) is 15.1 Å². The number of piperidine rings is 1. The second-order valence-corrected chi connectivity index (χ2v) is 8.83. The van der Waals surface area contributed by atoms with Gasteiger partial charge in [-0.15, -0.1) is 37.2 Å². The molecule has 0 amide bonds. The first-order chi connectivity index (χ1) is 17.2. The van der Waals surface area contributed by atoms with Gasteiger partial charge in [0.25, 0.3) is 0 Å². The molecule has 0 unspecified atom stereocenters. The summed E-state index contributed by atoms with van der Waals surface area (Å²) in [6.45, 7) is 1.98. The molecule has 0 saturated carbocycles. The van der Waals surface area contributed by atoms with Crippen molar-refractivity contribution in [2.45, 2.75) is 18.8 Å². The van der Waals surface area contributed by atoms with Crippen LogP contribution in [0.3, 0.4) is 0 Å². The molecule has 4 aromatic heterocycles. The molecule has 0 aliphatic carbocycles. The van der Waals surface area contributed by atoms with E-state index in [-0.39, 0.29) is 43.0 Å². The molecule has 0 radical (unpaired) electrons. The largest absolute Gasteiger partial charge is 0.383 e. The highest BCUT2D eigenvalue weighted by atomic mass is 35.5. The molecular formula is C27H27Cl3FN7. The maximum atomic E-state index is 14.7. The van der Waals surface area contributed by atoms with Crippen LogP contribution in [0.5, 0.6) is 0 Å². The van der Waals surface area contributed by atoms with Crippen LogP contribution in [0.4, 0.5) is 10.2 Å². The van der Waals surface area contributed by atoms with Crippen molar-refractivity contribution in [3.05, 3.63) is 78.9 Å². The maximum absolute atomic E-state index is 14.7. The van der Waals surface area contributed by atoms with Gasteiger partial charge in [0.2, 0.25) is 0 Å². The van der Waals surface area contributed by atoms with Crippen LogP contribution in [0.15, 0.2) is 67.4 Å². The summed E-state index contributed by atoms with van der Waals surface area (Å²) in [5.41, 5.74) is 12.5. The van der Waals surface area contributed by atoms with Gasteiger partial charge in [0, 0.05) is 64.0 Å². The first kappa shape index (κ1) is 29.3. The SMILES string of the molecule is Cl.Cl.Cl.Nc1ncc(-c2cn[nH]c2C2CCNCC2)cc1-c1cc2c(-c3cccnc3)ccc(F)c2cn1. The van der Waals surface area contributed by atoms with Crippen molar-refractivity contribution in [1.29, 1.82) is 0 Å². The molecule has 0 bridgehead atoms. The highest BCUT2D eigenvalue weighted by Crippen LogP contribution is 2.37. The van der Waals surface area contributed by atoms with Crippen molar-refractivity contribution in [2.24, 2.45) is 0 Å². The van der Waals surface area contributed by atoms with Crippen molar-refractivity contribution in [3.63, 3.8) is 0 Å². The Hall–Kier alpha value is -3.30. The molecular weight excluding hydrogens is 548 g/mol. The molecule has 11 heteroatoms. The van der Waals surface area contributed by atoms with Crippen LogP contribution in [0.2, 0.25) is 0 Å². The number of nitrogen functional groups attached to an aromatic ring is 1. The number of benzene rings is 1. The topological polar surface area (TPSA) is 105 Å². The third-order valence-electron chi connectivity index (χ3n) is 6.74. The molecule has 0 spiro atoms. The van der Waals surface area contributed by atoms with E-state index < -0.39 is 0 Å². The summed E-state index contributed by atoms with van der Waals surface area (Å²) in [5, 5.41) is 12.1. The Labute approximate surface area is 238 Å². The fraction of sp³-hybridized carbons (Fsp3) is 0.185. The van der Waals surface area contributed by atoms with Crippen LogP contribution in [0.1, 0.15) is 24.5 Å². The summed E-state index contributed by atoms with van der Waals surface area (Å²) < 4.78 is 14.7. The summed E-state index contributed by atoms with van der Waals surface area (Å²) in [7, 11) is 0. The summed E-state index contributed by atoms with van der Waals surface area (Å²) in [6.07, 6.45) is 10.8. The molecule has 6 rings (SSSR count). The third kappa shape index (κ3) is 5.44. The molecule has 5 aromatic rings. The minimum absolute atomic E-state index is 0. The molecule has 38 heavy (non-hydrogen) atoms. The fourth-order valence-corrected chi connectivity index (χ4v) is 4.90. The van der Waals surface area contributed by atoms with Gasteiger partial charge in [-0.1, -0.05) is 12.1 Å². The number of hydrogen-bond donors (Lipinski definition) is 3. The number of aromatic nitrogens is 5. The lowest BCUT2D eigenvalue weighted by Gasteiger charge is -2.22. The molecule has 4 N–H and O–H groups in total. The zero-order valence-electron chi connectivity index (χ0n) is 20.2. The highest BCUT2D eigenvalue weighted by molar-refractivity contribution is 5.98. The van der Waals surface area contributed by atoms with Gasteiger partial charge >= 0.3 is 0 Å². The number of aromatic amines is 1. The molecule has 198 valence electrons. The Morgan fingerprint density at radius 1 is 0.816 bits per heavy atom. The van der Waals surface area contributed by atoms with Crippen molar-refractivity contribution in [1.82, 2.24) is 30.5 Å². The molecule has 1 aromatic carbocycles. The van der Waals surface area contributed by atoms with Crippen LogP contribution >= 0.6 is 37.2 Å². The Balaban J connectivity index is 0.00000133. The summed E-state index contributed by atoms with van der Waals surface area (Å²) in [4.78, 5) is 13.3. The van der Waals surface area contributed by atoms with Gasteiger partial charge in [0.1, 0.15) is 11.6 Å². The van der Waals surface area contributed by atoms with E-state index in [1.54, 1.807) is 30.9 Å². The number of H-pyrrole nitrogens is 1. The lowest BCUT2D eigenvalue weighted by Crippen LogP contribution is -2.27. The van der Waals surface area contributed by atoms with E-state index >= 15 is 0 Å². The lowest BCUT2D eigenvalue weighted by atomic mass is 9.90. The van der Waals surface area contributed by atoms with E-state index in [2.05, 4.69) is 30.5 Å². The first-order valence-electron chi connectivity index (χ1n) is 11.7. The minimum atomic E-state index is -0.323. The van der Waals surface area contributed by atoms with Crippen LogP contribution in [0.25, 0.3) is 44.3 Å². The third-order valence-corrected chi connectivity index (χ3v) is 6.74. The van der Waals surface area contributed by atoms with E-state index in [1.807, 2.05) is 30.5 Å². The van der Waals surface area contributed by atoms with Crippen LogP contribution < -0.4 is 11.1 Å². The second kappa shape index (κ2) is 12.5. The van der Waals surface area contributed by atoms with Gasteiger partial charge in [-0.05, 0) is 61.1 Å². The summed E-state index contributed by atoms with van der Waals surface area (Å²) in [5.74, 6) is 0.460. The number of nitrogens with two attached hydrogens (primary N) is 1. The predicted molar refractivity (Wildman–Crippen MR) is 157 cm³/mol. The molecule has 1 fully saturated rings. The zero-order valence-corrected chi connectivity index (χ0v) is 22.7. The number of nitrogens with zero attached hydrogens (tertiary/aromatic N) is 4. The van der Waals surface area contributed by atoms with Gasteiger partial charge in [-0.2, -0.15) is 5.10 Å². The van der Waals surface area contributed by atoms with Crippen molar-refractivity contribution in [2.75, 3.05) is 18.8 Å². The van der Waals surface area contributed by atoms with Crippen LogP contribution in [-0.2, 0) is 0 Å². The first-order valence-corrected chi connectivity index (χ1v) is 11.7.